The zero-order valence-electron chi connectivity index (χ0n) is 25.3. The minimum absolute atomic E-state index is 0.201. The molecule has 41 heavy (non-hydrogen) atoms. The summed E-state index contributed by atoms with van der Waals surface area (Å²) in [5.74, 6) is -1.78. The summed E-state index contributed by atoms with van der Waals surface area (Å²) in [6, 6.07) is -1.98. The molecule has 238 valence electrons. The fourth-order valence-corrected chi connectivity index (χ4v) is 5.02. The van der Waals surface area contributed by atoms with E-state index in [1.165, 1.54) is 90.0 Å². The van der Waals surface area contributed by atoms with E-state index in [-0.39, 0.29) is 18.3 Å². The number of carbonyl (C=O) groups excluding carboxylic acids is 2. The Morgan fingerprint density at radius 1 is 0.927 bits per heavy atom. The molecule has 0 saturated carbocycles. The van der Waals surface area contributed by atoms with Crippen LogP contribution in [0.25, 0.3) is 0 Å². The lowest BCUT2D eigenvalue weighted by Gasteiger charge is -2.38. The molecule has 0 aromatic carbocycles. The summed E-state index contributed by atoms with van der Waals surface area (Å²) in [5, 5.41) is 32.4. The number of carbonyl (C=O) groups is 2. The third kappa shape index (κ3) is 16.0. The Morgan fingerprint density at radius 2 is 1.41 bits per heavy atom. The first-order valence-electron chi connectivity index (χ1n) is 15.6. The number of nitrogens with zero attached hydrogens (tertiary/aromatic N) is 1. The van der Waals surface area contributed by atoms with Gasteiger partial charge in [-0.3, -0.25) is 4.79 Å². The molecule has 11 heteroatoms. The normalized spacial score (nSPS) is 19.9. The molecule has 0 fully saturated rings. The lowest BCUT2D eigenvalue weighted by molar-refractivity contribution is -0.151. The van der Waals surface area contributed by atoms with Gasteiger partial charge in [0, 0.05) is 6.92 Å². The predicted molar refractivity (Wildman–Crippen MR) is 160 cm³/mol. The van der Waals surface area contributed by atoms with E-state index < -0.39 is 48.9 Å². The van der Waals surface area contributed by atoms with Gasteiger partial charge in [-0.15, -0.1) is 0 Å². The molecule has 0 aromatic rings. The highest BCUT2D eigenvalue weighted by Crippen LogP contribution is 2.25. The minimum atomic E-state index is -1.65. The summed E-state index contributed by atoms with van der Waals surface area (Å²) in [5.41, 5.74) is 11.1. The maximum Gasteiger partial charge on any atom is 0.373 e. The predicted octanol–water partition coefficient (Wildman–Crippen LogP) is 2.93. The van der Waals surface area contributed by atoms with E-state index >= 15 is 0 Å². The molecule has 5 atom stereocenters. The molecule has 5 unspecified atom stereocenters. The van der Waals surface area contributed by atoms with Crippen LogP contribution in [0.5, 0.6) is 0 Å². The van der Waals surface area contributed by atoms with Crippen molar-refractivity contribution in [3.8, 4) is 0 Å². The molecule has 0 radical (unpaired) electrons. The third-order valence-corrected chi connectivity index (χ3v) is 7.33. The first kappa shape index (κ1) is 36.7. The van der Waals surface area contributed by atoms with Crippen molar-refractivity contribution in [3.63, 3.8) is 0 Å². The van der Waals surface area contributed by atoms with Gasteiger partial charge in [-0.05, 0) is 12.5 Å². The van der Waals surface area contributed by atoms with Crippen molar-refractivity contribution in [2.24, 2.45) is 16.5 Å². The van der Waals surface area contributed by atoms with Gasteiger partial charge in [0.1, 0.15) is 18.3 Å². The lowest BCUT2D eigenvalue weighted by Crippen LogP contribution is -2.59. The summed E-state index contributed by atoms with van der Waals surface area (Å²) in [4.78, 5) is 28.5. The van der Waals surface area contributed by atoms with Gasteiger partial charge in [-0.2, -0.15) is 0 Å². The first-order chi connectivity index (χ1) is 19.7. The highest BCUT2D eigenvalue weighted by Gasteiger charge is 2.44. The van der Waals surface area contributed by atoms with Gasteiger partial charge in [-0.1, -0.05) is 103 Å². The molecule has 0 aromatic heterocycles. The number of unbranched alkanes of at least 4 members (excludes halogenated alkanes) is 15. The molecule has 0 bridgehead atoms. The second-order valence-corrected chi connectivity index (χ2v) is 11.1. The van der Waals surface area contributed by atoms with Crippen LogP contribution in [0.3, 0.4) is 0 Å². The zero-order valence-corrected chi connectivity index (χ0v) is 25.3. The van der Waals surface area contributed by atoms with Crippen molar-refractivity contribution in [1.82, 2.24) is 5.32 Å². The Labute approximate surface area is 246 Å². The number of nitrogens with two attached hydrogens (primary N) is 2. The largest absolute Gasteiger partial charge is 0.478 e. The van der Waals surface area contributed by atoms with Crippen LogP contribution in [0.4, 0.5) is 0 Å². The van der Waals surface area contributed by atoms with Crippen LogP contribution in [0.2, 0.25) is 0 Å². The molecular formula is C30H56N4O7. The number of hydrogen-bond donors (Lipinski definition) is 6. The number of aliphatic imine (C=N–C) groups is 1. The van der Waals surface area contributed by atoms with Crippen molar-refractivity contribution < 1.29 is 34.4 Å². The van der Waals surface area contributed by atoms with Gasteiger partial charge in [0.05, 0.1) is 25.3 Å². The molecule has 1 amide bonds. The van der Waals surface area contributed by atoms with E-state index in [2.05, 4.69) is 17.2 Å². The second kappa shape index (κ2) is 22.3. The minimum Gasteiger partial charge on any atom is -0.478 e. The number of amides is 1. The highest BCUT2D eigenvalue weighted by molar-refractivity contribution is 5.87. The van der Waals surface area contributed by atoms with Crippen molar-refractivity contribution >= 4 is 17.8 Å². The molecule has 8 N–H and O–H groups in total. The maximum absolute atomic E-state index is 12.7. The van der Waals surface area contributed by atoms with Gasteiger partial charge < -0.3 is 41.6 Å². The first-order valence-corrected chi connectivity index (χ1v) is 15.6. The summed E-state index contributed by atoms with van der Waals surface area (Å²) in [7, 11) is 0. The van der Waals surface area contributed by atoms with E-state index in [0.29, 0.717) is 6.42 Å². The Balaban J connectivity index is 2.36. The van der Waals surface area contributed by atoms with Gasteiger partial charge in [0.25, 0.3) is 0 Å². The Bertz CT molecular complexity index is 789. The van der Waals surface area contributed by atoms with Crippen molar-refractivity contribution in [3.05, 3.63) is 11.8 Å². The highest BCUT2D eigenvalue weighted by atomic mass is 16.6. The Morgan fingerprint density at radius 3 is 1.85 bits per heavy atom. The number of guanidine groups is 1. The average molecular weight is 585 g/mol. The van der Waals surface area contributed by atoms with Gasteiger partial charge >= 0.3 is 5.97 Å². The van der Waals surface area contributed by atoms with Gasteiger partial charge in [0.15, 0.2) is 5.96 Å². The third-order valence-electron chi connectivity index (χ3n) is 7.33. The van der Waals surface area contributed by atoms with E-state index in [1.807, 2.05) is 0 Å². The number of hydrogen-bond acceptors (Lipinski definition) is 8. The summed E-state index contributed by atoms with van der Waals surface area (Å²) >= 11 is 0. The van der Waals surface area contributed by atoms with Crippen molar-refractivity contribution in [2.75, 3.05) is 13.2 Å². The quantitative estimate of drug-likeness (QED) is 0.0454. The molecule has 1 aliphatic rings. The molecule has 0 saturated heterocycles. The fraction of sp³-hybridized carbons (Fsp3) is 0.833. The Kier molecular flexibility index (Phi) is 19.9. The smallest absolute Gasteiger partial charge is 0.373 e. The van der Waals surface area contributed by atoms with Crippen LogP contribution < -0.4 is 16.8 Å². The number of aliphatic hydroxyl groups excluding tert-OH is 3. The van der Waals surface area contributed by atoms with E-state index in [1.54, 1.807) is 0 Å². The monoisotopic (exact) mass is 584 g/mol. The van der Waals surface area contributed by atoms with E-state index in [9.17, 15) is 24.9 Å². The number of esters is 1. The van der Waals surface area contributed by atoms with Crippen LogP contribution in [0.1, 0.15) is 117 Å². The standard InChI is InChI=1S/C30H56N4O7/c1-3-4-5-6-7-8-9-10-11-12-13-14-15-16-17-18-19-40-29(39)25-20-23(34-30(31)32)26(33-22(2)36)28(41-25)27(38)24(37)21-35/h20,23-24,26-28,35,37-38H,3-19,21H2,1-2H3,(H,33,36)(H4,31,32,34). The van der Waals surface area contributed by atoms with E-state index in [0.717, 1.165) is 19.3 Å². The fourth-order valence-electron chi connectivity index (χ4n) is 5.02. The number of ether oxygens (including phenoxy) is 2. The molecule has 1 heterocycles. The average Bonchev–Trinajstić information content (AvgIpc) is 2.93. The maximum atomic E-state index is 12.7. The van der Waals surface area contributed by atoms with Gasteiger partial charge in [0.2, 0.25) is 11.7 Å². The van der Waals surface area contributed by atoms with Crippen molar-refractivity contribution in [2.45, 2.75) is 147 Å². The number of rotatable bonds is 23. The summed E-state index contributed by atoms with van der Waals surface area (Å²) < 4.78 is 11.0. The van der Waals surface area contributed by atoms with Crippen LogP contribution in [0, 0.1) is 0 Å². The number of aliphatic hydroxyl groups is 3. The topological polar surface area (TPSA) is 190 Å². The van der Waals surface area contributed by atoms with Crippen LogP contribution >= 0.6 is 0 Å². The molecule has 0 spiro atoms. The van der Waals surface area contributed by atoms with Crippen LogP contribution in [0.15, 0.2) is 16.8 Å². The number of nitrogens with one attached hydrogen (secondary N) is 1. The molecule has 1 rings (SSSR count). The van der Waals surface area contributed by atoms with Crippen LogP contribution in [-0.2, 0) is 19.1 Å². The zero-order chi connectivity index (χ0) is 30.5. The van der Waals surface area contributed by atoms with Crippen molar-refractivity contribution in [1.29, 1.82) is 0 Å². The molecule has 0 aliphatic carbocycles. The molecular weight excluding hydrogens is 528 g/mol. The molecule has 11 nitrogen and oxygen atoms in total. The lowest BCUT2D eigenvalue weighted by atomic mass is 9.92. The molecule has 1 aliphatic heterocycles. The van der Waals surface area contributed by atoms with Gasteiger partial charge in [-0.25, -0.2) is 9.79 Å². The Hall–Kier alpha value is -2.37. The van der Waals surface area contributed by atoms with Crippen LogP contribution in [-0.4, -0.2) is 76.8 Å². The summed E-state index contributed by atoms with van der Waals surface area (Å²) in [6.07, 6.45) is 16.7. The SMILES string of the molecule is CCCCCCCCCCCCCCCCCCOC(=O)C1=CC(N=C(N)N)C(NC(C)=O)C(C(O)C(O)CO)O1. The summed E-state index contributed by atoms with van der Waals surface area (Å²) in [6.45, 7) is 2.95. The van der Waals surface area contributed by atoms with E-state index in [4.69, 9.17) is 20.9 Å². The second-order valence-electron chi connectivity index (χ2n) is 11.1.